The summed E-state index contributed by atoms with van der Waals surface area (Å²) in [5.74, 6) is 0.866. The van der Waals surface area contributed by atoms with Crippen LogP contribution in [0.4, 0.5) is 0 Å². The highest BCUT2D eigenvalue weighted by atomic mass is 16.5. The maximum Gasteiger partial charge on any atom is 0.170 e. The summed E-state index contributed by atoms with van der Waals surface area (Å²) < 4.78 is 11.3. The Balaban J connectivity index is 1.78. The molecule has 21 heavy (non-hydrogen) atoms. The molecule has 0 aliphatic carbocycles. The van der Waals surface area contributed by atoms with Crippen molar-refractivity contribution in [2.24, 2.45) is 10.9 Å². The van der Waals surface area contributed by atoms with Crippen LogP contribution >= 0.6 is 0 Å². The van der Waals surface area contributed by atoms with E-state index in [1.54, 1.807) is 12.1 Å². The van der Waals surface area contributed by atoms with E-state index >= 15 is 0 Å². The van der Waals surface area contributed by atoms with E-state index in [2.05, 4.69) is 24.0 Å². The molecular weight excluding hydrogens is 270 g/mol. The molecule has 0 aromatic heterocycles. The highest BCUT2D eigenvalue weighted by molar-refractivity contribution is 5.97. The number of nitrogens with two attached hydrogens (primary N) is 1. The molecule has 0 amide bonds. The fourth-order valence-corrected chi connectivity index (χ4v) is 2.55. The Labute approximate surface area is 125 Å². The Morgan fingerprint density at radius 3 is 2.76 bits per heavy atom. The first kappa shape index (κ1) is 15.6. The summed E-state index contributed by atoms with van der Waals surface area (Å²) in [6.07, 6.45) is 1.36. The van der Waals surface area contributed by atoms with Crippen LogP contribution in [0.5, 0.6) is 5.75 Å². The zero-order valence-corrected chi connectivity index (χ0v) is 12.5. The molecule has 116 valence electrons. The van der Waals surface area contributed by atoms with Crippen LogP contribution in [0.2, 0.25) is 0 Å². The monoisotopic (exact) mass is 293 g/mol. The minimum Gasteiger partial charge on any atom is -0.492 e. The number of likely N-dealkylation sites (N-methyl/N-ethyl adjacent to an activating group) is 1. The van der Waals surface area contributed by atoms with Crippen molar-refractivity contribution in [2.75, 3.05) is 26.8 Å². The van der Waals surface area contributed by atoms with Crippen LogP contribution in [0.1, 0.15) is 18.9 Å². The van der Waals surface area contributed by atoms with Crippen molar-refractivity contribution in [2.45, 2.75) is 25.5 Å². The molecule has 1 heterocycles. The molecule has 0 radical (unpaired) electrons. The Bertz CT molecular complexity index is 476. The van der Waals surface area contributed by atoms with E-state index in [0.717, 1.165) is 25.3 Å². The molecule has 1 aliphatic rings. The molecule has 6 nitrogen and oxygen atoms in total. The van der Waals surface area contributed by atoms with Gasteiger partial charge in [-0.2, -0.15) is 0 Å². The zero-order chi connectivity index (χ0) is 15.2. The minimum absolute atomic E-state index is 0.0940. The van der Waals surface area contributed by atoms with Crippen LogP contribution < -0.4 is 10.5 Å². The van der Waals surface area contributed by atoms with Crippen molar-refractivity contribution in [1.29, 1.82) is 0 Å². The lowest BCUT2D eigenvalue weighted by Crippen LogP contribution is -2.39. The fourth-order valence-electron chi connectivity index (χ4n) is 2.55. The number of ether oxygens (including phenoxy) is 2. The van der Waals surface area contributed by atoms with Gasteiger partial charge < -0.3 is 20.4 Å². The van der Waals surface area contributed by atoms with Gasteiger partial charge in [-0.25, -0.2) is 0 Å². The Kier molecular flexibility index (Phi) is 5.41. The van der Waals surface area contributed by atoms with E-state index in [-0.39, 0.29) is 11.9 Å². The van der Waals surface area contributed by atoms with Crippen molar-refractivity contribution in [1.82, 2.24) is 4.90 Å². The predicted octanol–water partition coefficient (Wildman–Crippen LogP) is 1.27. The first-order chi connectivity index (χ1) is 10.1. The van der Waals surface area contributed by atoms with Gasteiger partial charge in [0.1, 0.15) is 12.4 Å². The summed E-state index contributed by atoms with van der Waals surface area (Å²) in [6.45, 7) is 4.41. The quantitative estimate of drug-likeness (QED) is 0.357. The Hall–Kier alpha value is -1.79. The SMILES string of the molecule is CC1OCCC1N(C)CCOc1ccc(/C(N)=N/O)cc1. The van der Waals surface area contributed by atoms with Gasteiger partial charge in [-0.05, 0) is 44.7 Å². The maximum absolute atomic E-state index is 8.60. The van der Waals surface area contributed by atoms with Gasteiger partial charge in [-0.3, -0.25) is 4.90 Å². The second-order valence-electron chi connectivity index (χ2n) is 5.27. The topological polar surface area (TPSA) is 80.3 Å². The Morgan fingerprint density at radius 2 is 2.19 bits per heavy atom. The smallest absolute Gasteiger partial charge is 0.170 e. The summed E-state index contributed by atoms with van der Waals surface area (Å²) in [7, 11) is 2.10. The molecule has 1 saturated heterocycles. The third-order valence-corrected chi connectivity index (χ3v) is 3.87. The molecule has 1 aromatic rings. The second kappa shape index (κ2) is 7.28. The summed E-state index contributed by atoms with van der Waals surface area (Å²) in [6, 6.07) is 7.63. The number of nitrogens with zero attached hydrogens (tertiary/aromatic N) is 2. The van der Waals surface area contributed by atoms with Gasteiger partial charge in [-0.1, -0.05) is 5.16 Å². The summed E-state index contributed by atoms with van der Waals surface area (Å²) in [4.78, 5) is 2.28. The highest BCUT2D eigenvalue weighted by Crippen LogP contribution is 2.18. The van der Waals surface area contributed by atoms with E-state index in [4.69, 9.17) is 20.4 Å². The van der Waals surface area contributed by atoms with E-state index in [1.165, 1.54) is 0 Å². The van der Waals surface area contributed by atoms with Crippen molar-refractivity contribution in [3.8, 4) is 5.75 Å². The lowest BCUT2D eigenvalue weighted by Gasteiger charge is -2.26. The largest absolute Gasteiger partial charge is 0.492 e. The van der Waals surface area contributed by atoms with Crippen molar-refractivity contribution >= 4 is 5.84 Å². The molecule has 0 spiro atoms. The first-order valence-electron chi connectivity index (χ1n) is 7.14. The molecule has 0 bridgehead atoms. The van der Waals surface area contributed by atoms with Crippen LogP contribution in [0, 0.1) is 0 Å². The van der Waals surface area contributed by atoms with Crippen molar-refractivity contribution in [3.05, 3.63) is 29.8 Å². The molecule has 1 fully saturated rings. The van der Waals surface area contributed by atoms with Gasteiger partial charge in [0.15, 0.2) is 5.84 Å². The van der Waals surface area contributed by atoms with Crippen LogP contribution in [0.3, 0.4) is 0 Å². The standard InChI is InChI=1S/C15H23N3O3/c1-11-14(7-9-20-11)18(2)8-10-21-13-5-3-12(4-6-13)15(16)17-19/h3-6,11,14,19H,7-10H2,1-2H3,(H2,16,17). The molecule has 1 aromatic carbocycles. The number of benzene rings is 1. The molecule has 6 heteroatoms. The van der Waals surface area contributed by atoms with Crippen LogP contribution in [0.15, 0.2) is 29.4 Å². The minimum atomic E-state index is 0.0940. The summed E-state index contributed by atoms with van der Waals surface area (Å²) >= 11 is 0. The average Bonchev–Trinajstić information content (AvgIpc) is 2.93. The lowest BCUT2D eigenvalue weighted by atomic mass is 10.1. The third-order valence-electron chi connectivity index (χ3n) is 3.87. The van der Waals surface area contributed by atoms with Crippen LogP contribution in [-0.4, -0.2) is 54.9 Å². The molecule has 2 rings (SSSR count). The lowest BCUT2D eigenvalue weighted by molar-refractivity contribution is 0.0787. The van der Waals surface area contributed by atoms with E-state index in [0.29, 0.717) is 18.2 Å². The van der Waals surface area contributed by atoms with Gasteiger partial charge in [0, 0.05) is 24.8 Å². The number of rotatable bonds is 6. The van der Waals surface area contributed by atoms with Crippen LogP contribution in [0.25, 0.3) is 0 Å². The molecule has 1 aliphatic heterocycles. The normalized spacial score (nSPS) is 22.7. The van der Waals surface area contributed by atoms with Gasteiger partial charge in [0.2, 0.25) is 0 Å². The zero-order valence-electron chi connectivity index (χ0n) is 12.5. The second-order valence-corrected chi connectivity index (χ2v) is 5.27. The number of oxime groups is 1. The van der Waals surface area contributed by atoms with Crippen LogP contribution in [-0.2, 0) is 4.74 Å². The van der Waals surface area contributed by atoms with Gasteiger partial charge >= 0.3 is 0 Å². The number of hydrogen-bond acceptors (Lipinski definition) is 5. The molecular formula is C15H23N3O3. The summed E-state index contributed by atoms with van der Waals surface area (Å²) in [5, 5.41) is 11.6. The van der Waals surface area contributed by atoms with Gasteiger partial charge in [0.25, 0.3) is 0 Å². The predicted molar refractivity (Wildman–Crippen MR) is 80.9 cm³/mol. The van der Waals surface area contributed by atoms with E-state index < -0.39 is 0 Å². The Morgan fingerprint density at radius 1 is 1.48 bits per heavy atom. The highest BCUT2D eigenvalue weighted by Gasteiger charge is 2.27. The maximum atomic E-state index is 8.60. The molecule has 0 saturated carbocycles. The number of hydrogen-bond donors (Lipinski definition) is 2. The van der Waals surface area contributed by atoms with E-state index in [9.17, 15) is 0 Å². The third kappa shape index (κ3) is 4.09. The van der Waals surface area contributed by atoms with Crippen molar-refractivity contribution < 1.29 is 14.7 Å². The first-order valence-corrected chi connectivity index (χ1v) is 7.14. The molecule has 3 N–H and O–H groups in total. The summed E-state index contributed by atoms with van der Waals surface area (Å²) in [5.41, 5.74) is 6.17. The molecule has 2 unspecified atom stereocenters. The van der Waals surface area contributed by atoms with E-state index in [1.807, 2.05) is 12.1 Å². The fraction of sp³-hybridized carbons (Fsp3) is 0.533. The van der Waals surface area contributed by atoms with Gasteiger partial charge in [0.05, 0.1) is 6.10 Å². The molecule has 2 atom stereocenters. The number of amidine groups is 1. The average molecular weight is 293 g/mol. The van der Waals surface area contributed by atoms with Gasteiger partial charge in [-0.15, -0.1) is 0 Å². The van der Waals surface area contributed by atoms with Crippen molar-refractivity contribution in [3.63, 3.8) is 0 Å².